The predicted octanol–water partition coefficient (Wildman–Crippen LogP) is 1.66. The van der Waals surface area contributed by atoms with E-state index >= 15 is 0 Å². The number of carbonyl (C=O) groups is 1. The SMILES string of the molecule is CS(=O)Cc1cccc(C(=O)NCc2ccccc2CS(=O)(=O)N2CCOCC2)c1. The van der Waals surface area contributed by atoms with Crippen LogP contribution in [0.4, 0.5) is 0 Å². The third-order valence-corrected chi connectivity index (χ3v) is 7.39. The van der Waals surface area contributed by atoms with E-state index in [9.17, 15) is 17.4 Å². The van der Waals surface area contributed by atoms with E-state index in [1.807, 2.05) is 18.2 Å². The average molecular weight is 451 g/mol. The fourth-order valence-electron chi connectivity index (χ4n) is 3.30. The molecule has 1 aliphatic rings. The van der Waals surface area contributed by atoms with Crippen molar-refractivity contribution in [3.63, 3.8) is 0 Å². The Hall–Kier alpha value is -2.07. The lowest BCUT2D eigenvalue weighted by molar-refractivity contribution is 0.0729. The van der Waals surface area contributed by atoms with E-state index in [0.717, 1.165) is 11.1 Å². The molecule has 0 aromatic heterocycles. The van der Waals surface area contributed by atoms with E-state index in [-0.39, 0.29) is 18.2 Å². The molecular weight excluding hydrogens is 424 g/mol. The summed E-state index contributed by atoms with van der Waals surface area (Å²) in [6.07, 6.45) is 1.62. The van der Waals surface area contributed by atoms with E-state index in [4.69, 9.17) is 4.74 Å². The molecule has 0 saturated carbocycles. The van der Waals surface area contributed by atoms with Crippen molar-refractivity contribution in [1.82, 2.24) is 9.62 Å². The molecule has 1 atom stereocenters. The molecule has 1 fully saturated rings. The van der Waals surface area contributed by atoms with Crippen molar-refractivity contribution in [2.45, 2.75) is 18.1 Å². The highest BCUT2D eigenvalue weighted by atomic mass is 32.2. The molecule has 3 rings (SSSR count). The van der Waals surface area contributed by atoms with Gasteiger partial charge in [-0.3, -0.25) is 9.00 Å². The number of hydrogen-bond acceptors (Lipinski definition) is 5. The van der Waals surface area contributed by atoms with Gasteiger partial charge < -0.3 is 10.1 Å². The Morgan fingerprint density at radius 2 is 1.80 bits per heavy atom. The summed E-state index contributed by atoms with van der Waals surface area (Å²) in [4.78, 5) is 12.6. The second-order valence-electron chi connectivity index (χ2n) is 7.14. The number of morpholine rings is 1. The number of nitrogens with zero attached hydrogens (tertiary/aromatic N) is 1. The first-order chi connectivity index (χ1) is 14.3. The number of rotatable bonds is 8. The van der Waals surface area contributed by atoms with Gasteiger partial charge in [0.15, 0.2) is 0 Å². The van der Waals surface area contributed by atoms with Crippen LogP contribution in [0, 0.1) is 0 Å². The van der Waals surface area contributed by atoms with Gasteiger partial charge in [-0.05, 0) is 28.8 Å². The molecule has 1 amide bonds. The molecule has 0 aliphatic carbocycles. The Kier molecular flexibility index (Phi) is 7.76. The minimum atomic E-state index is -3.45. The first-order valence-electron chi connectivity index (χ1n) is 9.65. The van der Waals surface area contributed by atoms with Gasteiger partial charge in [0.2, 0.25) is 10.0 Å². The first-order valence-corrected chi connectivity index (χ1v) is 13.0. The van der Waals surface area contributed by atoms with Crippen molar-refractivity contribution in [3.05, 3.63) is 70.8 Å². The van der Waals surface area contributed by atoms with E-state index in [2.05, 4.69) is 5.32 Å². The average Bonchev–Trinajstić information content (AvgIpc) is 2.73. The highest BCUT2D eigenvalue weighted by Crippen LogP contribution is 2.17. The lowest BCUT2D eigenvalue weighted by Crippen LogP contribution is -2.41. The van der Waals surface area contributed by atoms with E-state index < -0.39 is 20.8 Å². The summed E-state index contributed by atoms with van der Waals surface area (Å²) < 4.78 is 43.6. The molecule has 2 aromatic carbocycles. The van der Waals surface area contributed by atoms with Crippen molar-refractivity contribution in [2.24, 2.45) is 0 Å². The molecule has 1 aliphatic heterocycles. The number of sulfonamides is 1. The van der Waals surface area contributed by atoms with E-state index in [0.29, 0.717) is 43.2 Å². The quantitative estimate of drug-likeness (QED) is 0.660. The monoisotopic (exact) mass is 450 g/mol. The van der Waals surface area contributed by atoms with Gasteiger partial charge >= 0.3 is 0 Å². The van der Waals surface area contributed by atoms with Crippen LogP contribution in [0.1, 0.15) is 27.0 Å². The summed E-state index contributed by atoms with van der Waals surface area (Å²) in [6, 6.07) is 14.2. The van der Waals surface area contributed by atoms with Gasteiger partial charge in [-0.2, -0.15) is 4.31 Å². The summed E-state index contributed by atoms with van der Waals surface area (Å²) in [7, 11) is -4.44. The zero-order valence-electron chi connectivity index (χ0n) is 16.9. The van der Waals surface area contributed by atoms with Gasteiger partial charge in [0, 0.05) is 48.0 Å². The van der Waals surface area contributed by atoms with Crippen LogP contribution in [0.5, 0.6) is 0 Å². The lowest BCUT2D eigenvalue weighted by Gasteiger charge is -2.26. The molecule has 30 heavy (non-hydrogen) atoms. The topological polar surface area (TPSA) is 92.8 Å². The number of amides is 1. The van der Waals surface area contributed by atoms with E-state index in [1.165, 1.54) is 4.31 Å². The minimum Gasteiger partial charge on any atom is -0.379 e. The Bertz CT molecular complexity index is 1020. The van der Waals surface area contributed by atoms with Crippen LogP contribution in [-0.2, 0) is 43.6 Å². The molecular formula is C21H26N2O5S2. The lowest BCUT2D eigenvalue weighted by atomic mass is 10.1. The van der Waals surface area contributed by atoms with Crippen LogP contribution in [0.3, 0.4) is 0 Å². The number of hydrogen-bond donors (Lipinski definition) is 1. The fourth-order valence-corrected chi connectivity index (χ4v) is 5.51. The maximum Gasteiger partial charge on any atom is 0.251 e. The van der Waals surface area contributed by atoms with Crippen molar-refractivity contribution in [2.75, 3.05) is 32.6 Å². The fraction of sp³-hybridized carbons (Fsp3) is 0.381. The van der Waals surface area contributed by atoms with Crippen LogP contribution in [0.25, 0.3) is 0 Å². The summed E-state index contributed by atoms with van der Waals surface area (Å²) >= 11 is 0. The highest BCUT2D eigenvalue weighted by molar-refractivity contribution is 7.88. The minimum absolute atomic E-state index is 0.114. The molecule has 0 bridgehead atoms. The molecule has 1 saturated heterocycles. The summed E-state index contributed by atoms with van der Waals surface area (Å²) in [5, 5.41) is 2.86. The van der Waals surface area contributed by atoms with Crippen molar-refractivity contribution >= 4 is 26.7 Å². The van der Waals surface area contributed by atoms with E-state index in [1.54, 1.807) is 36.6 Å². The number of benzene rings is 2. The third kappa shape index (κ3) is 6.21. The largest absolute Gasteiger partial charge is 0.379 e. The molecule has 7 nitrogen and oxygen atoms in total. The van der Waals surface area contributed by atoms with Crippen LogP contribution < -0.4 is 5.32 Å². The third-order valence-electron chi connectivity index (χ3n) is 4.82. The molecule has 162 valence electrons. The van der Waals surface area contributed by atoms with Crippen LogP contribution >= 0.6 is 0 Å². The summed E-state index contributed by atoms with van der Waals surface area (Å²) in [5.74, 6) is 0.0183. The maximum atomic E-state index is 12.8. The van der Waals surface area contributed by atoms with Crippen LogP contribution in [0.2, 0.25) is 0 Å². The predicted molar refractivity (Wildman–Crippen MR) is 117 cm³/mol. The second kappa shape index (κ2) is 10.3. The smallest absolute Gasteiger partial charge is 0.251 e. The zero-order chi connectivity index (χ0) is 21.6. The van der Waals surface area contributed by atoms with Gasteiger partial charge in [-0.1, -0.05) is 36.4 Å². The van der Waals surface area contributed by atoms with Crippen molar-refractivity contribution in [1.29, 1.82) is 0 Å². The second-order valence-corrected chi connectivity index (χ2v) is 10.5. The molecule has 0 radical (unpaired) electrons. The summed E-state index contributed by atoms with van der Waals surface area (Å²) in [6.45, 7) is 1.75. The molecule has 0 spiro atoms. The normalized spacial score (nSPS) is 16.2. The maximum absolute atomic E-state index is 12.8. The Labute approximate surface area is 179 Å². The molecule has 1 N–H and O–H groups in total. The van der Waals surface area contributed by atoms with Gasteiger partial charge in [-0.25, -0.2) is 8.42 Å². The number of ether oxygens (including phenoxy) is 1. The molecule has 9 heteroatoms. The van der Waals surface area contributed by atoms with Gasteiger partial charge in [0.05, 0.1) is 19.0 Å². The Balaban J connectivity index is 1.68. The zero-order valence-corrected chi connectivity index (χ0v) is 18.5. The number of nitrogens with one attached hydrogen (secondary N) is 1. The summed E-state index contributed by atoms with van der Waals surface area (Å²) in [5.41, 5.74) is 2.74. The highest BCUT2D eigenvalue weighted by Gasteiger charge is 2.25. The van der Waals surface area contributed by atoms with Gasteiger partial charge in [-0.15, -0.1) is 0 Å². The molecule has 1 heterocycles. The van der Waals surface area contributed by atoms with Crippen LogP contribution in [-0.4, -0.2) is 55.4 Å². The molecule has 1 unspecified atom stereocenters. The number of carbonyl (C=O) groups excluding carboxylic acids is 1. The van der Waals surface area contributed by atoms with Gasteiger partial charge in [0.25, 0.3) is 5.91 Å². The van der Waals surface area contributed by atoms with Gasteiger partial charge in [0.1, 0.15) is 0 Å². The van der Waals surface area contributed by atoms with Crippen molar-refractivity contribution in [3.8, 4) is 0 Å². The van der Waals surface area contributed by atoms with Crippen LogP contribution in [0.15, 0.2) is 48.5 Å². The molecule has 2 aromatic rings. The Morgan fingerprint density at radius 3 is 2.50 bits per heavy atom. The first kappa shape index (κ1) is 22.6. The Morgan fingerprint density at radius 1 is 1.10 bits per heavy atom. The van der Waals surface area contributed by atoms with Crippen molar-refractivity contribution < 1.29 is 22.2 Å². The standard InChI is InChI=1S/C21H26N2O5S2/c1-29(25)15-17-5-4-8-18(13-17)21(24)22-14-19-6-2-3-7-20(19)16-30(26,27)23-9-11-28-12-10-23/h2-8,13H,9-12,14-16H2,1H3,(H,22,24).